The summed E-state index contributed by atoms with van der Waals surface area (Å²) in [5.41, 5.74) is -1.43. The first-order valence-electron chi connectivity index (χ1n) is 4.60. The highest BCUT2D eigenvalue weighted by Crippen LogP contribution is 2.22. The summed E-state index contributed by atoms with van der Waals surface area (Å²) in [6, 6.07) is 1.94. The highest BCUT2D eigenvalue weighted by Gasteiger charge is 2.35. The van der Waals surface area contributed by atoms with Gasteiger partial charge in [0.1, 0.15) is 5.82 Å². The lowest BCUT2D eigenvalue weighted by molar-refractivity contribution is -0.106. The van der Waals surface area contributed by atoms with Crippen LogP contribution in [0.1, 0.15) is 10.4 Å². The summed E-state index contributed by atoms with van der Waals surface area (Å²) in [4.78, 5) is 10.7. The van der Waals surface area contributed by atoms with Crippen molar-refractivity contribution in [1.29, 1.82) is 0 Å². The fraction of sp³-hybridized carbons (Fsp3) is 0.222. The molecule has 1 rings (SSSR count). The number of alkyl halides is 3. The lowest BCUT2D eigenvalue weighted by Crippen LogP contribution is -2.28. The van der Waals surface area contributed by atoms with Crippen molar-refractivity contribution < 1.29 is 35.9 Å². The number of hydrogen-bond donors (Lipinski definition) is 2. The summed E-state index contributed by atoms with van der Waals surface area (Å²) in [6.45, 7) is 0. The smallest absolute Gasteiger partial charge is 0.404 e. The van der Waals surface area contributed by atoms with Crippen molar-refractivity contribution in [3.05, 3.63) is 29.6 Å². The second kappa shape index (κ2) is 5.03. The van der Waals surface area contributed by atoms with Gasteiger partial charge in [-0.3, -0.25) is 4.72 Å². The van der Waals surface area contributed by atoms with Gasteiger partial charge in [-0.25, -0.2) is 17.6 Å². The molecule has 0 spiro atoms. The summed E-state index contributed by atoms with van der Waals surface area (Å²) in [7, 11) is -4.82. The van der Waals surface area contributed by atoms with E-state index in [1.54, 1.807) is 0 Å². The van der Waals surface area contributed by atoms with Gasteiger partial charge in [0, 0.05) is 0 Å². The third-order valence-corrected chi connectivity index (χ3v) is 3.07. The summed E-state index contributed by atoms with van der Waals surface area (Å²) >= 11 is 0. The Bertz CT molecular complexity index is 597. The molecule has 10 heteroatoms. The van der Waals surface area contributed by atoms with Crippen molar-refractivity contribution in [2.45, 2.75) is 6.18 Å². The molecule has 0 aliphatic carbocycles. The molecule has 5 nitrogen and oxygen atoms in total. The van der Waals surface area contributed by atoms with E-state index >= 15 is 0 Å². The molecule has 0 radical (unpaired) electrons. The fourth-order valence-electron chi connectivity index (χ4n) is 1.20. The van der Waals surface area contributed by atoms with E-state index in [0.29, 0.717) is 6.07 Å². The van der Waals surface area contributed by atoms with Gasteiger partial charge in [0.05, 0.1) is 11.3 Å². The van der Waals surface area contributed by atoms with Crippen molar-refractivity contribution in [3.8, 4) is 0 Å². The number of rotatable bonds is 4. The first-order chi connectivity index (χ1) is 8.50. The zero-order valence-electron chi connectivity index (χ0n) is 9.03. The predicted octanol–water partition coefficient (Wildman–Crippen LogP) is 1.83. The summed E-state index contributed by atoms with van der Waals surface area (Å²) in [5.74, 6) is -4.81. The molecule has 106 valence electrons. The van der Waals surface area contributed by atoms with Crippen LogP contribution in [0.5, 0.6) is 0 Å². The number of aromatic carboxylic acids is 1. The summed E-state index contributed by atoms with van der Waals surface area (Å²) in [5, 5.41) is 8.70. The Morgan fingerprint density at radius 2 is 1.89 bits per heavy atom. The minimum atomic E-state index is -4.98. The van der Waals surface area contributed by atoms with Crippen LogP contribution in [0.4, 0.5) is 23.2 Å². The van der Waals surface area contributed by atoms with Crippen LogP contribution in [0, 0.1) is 5.82 Å². The first-order valence-corrected chi connectivity index (χ1v) is 6.25. The lowest BCUT2D eigenvalue weighted by Gasteiger charge is -2.12. The van der Waals surface area contributed by atoms with E-state index < -0.39 is 45.0 Å². The van der Waals surface area contributed by atoms with Crippen LogP contribution in [0.25, 0.3) is 0 Å². The monoisotopic (exact) mass is 301 g/mol. The zero-order valence-corrected chi connectivity index (χ0v) is 9.85. The number of carbonyl (C=O) groups is 1. The van der Waals surface area contributed by atoms with E-state index in [0.717, 1.165) is 12.1 Å². The quantitative estimate of drug-likeness (QED) is 0.831. The molecule has 0 aromatic heterocycles. The van der Waals surface area contributed by atoms with E-state index in [-0.39, 0.29) is 0 Å². The maximum absolute atomic E-state index is 12.8. The minimum Gasteiger partial charge on any atom is -0.478 e. The van der Waals surface area contributed by atoms with Crippen molar-refractivity contribution in [2.75, 3.05) is 10.5 Å². The topological polar surface area (TPSA) is 83.5 Å². The van der Waals surface area contributed by atoms with Crippen LogP contribution in [-0.2, 0) is 10.0 Å². The molecule has 0 amide bonds. The van der Waals surface area contributed by atoms with Crippen LogP contribution in [0.3, 0.4) is 0 Å². The Kier molecular flexibility index (Phi) is 4.03. The van der Waals surface area contributed by atoms with Gasteiger partial charge in [-0.05, 0) is 18.2 Å². The van der Waals surface area contributed by atoms with Crippen molar-refractivity contribution in [3.63, 3.8) is 0 Å². The Morgan fingerprint density at radius 1 is 1.32 bits per heavy atom. The molecular formula is C9H7F4NO4S. The van der Waals surface area contributed by atoms with Gasteiger partial charge in [-0.2, -0.15) is 13.2 Å². The standard InChI is InChI=1S/C9H7F4NO4S/c10-5-1-2-7(6(3-5)8(15)16)14-19(17,18)4-9(11,12)13/h1-3,14H,4H2,(H,15,16). The van der Waals surface area contributed by atoms with Crippen LogP contribution < -0.4 is 4.72 Å². The normalized spacial score (nSPS) is 12.2. The van der Waals surface area contributed by atoms with E-state index in [1.807, 2.05) is 0 Å². The number of nitrogens with one attached hydrogen (secondary N) is 1. The first kappa shape index (κ1) is 15.2. The molecule has 0 fully saturated rings. The van der Waals surface area contributed by atoms with Crippen LogP contribution >= 0.6 is 0 Å². The molecule has 1 aromatic rings. The third-order valence-electron chi connectivity index (χ3n) is 1.83. The van der Waals surface area contributed by atoms with Gasteiger partial charge in [0.25, 0.3) is 0 Å². The molecule has 0 unspecified atom stereocenters. The number of sulfonamides is 1. The maximum atomic E-state index is 12.8. The van der Waals surface area contributed by atoms with Crippen molar-refractivity contribution >= 4 is 21.7 Å². The summed E-state index contributed by atoms with van der Waals surface area (Å²) < 4.78 is 72.5. The molecule has 0 heterocycles. The molecule has 1 aromatic carbocycles. The van der Waals surface area contributed by atoms with Gasteiger partial charge in [-0.15, -0.1) is 0 Å². The predicted molar refractivity (Wildman–Crippen MR) is 56.8 cm³/mol. The van der Waals surface area contributed by atoms with E-state index in [9.17, 15) is 30.8 Å². The molecule has 0 atom stereocenters. The van der Waals surface area contributed by atoms with Gasteiger partial charge in [0.2, 0.25) is 10.0 Å². The fourth-order valence-corrected chi connectivity index (χ4v) is 2.22. The third kappa shape index (κ3) is 4.73. The molecule has 0 bridgehead atoms. The second-order valence-electron chi connectivity index (χ2n) is 3.47. The summed E-state index contributed by atoms with van der Waals surface area (Å²) in [6.07, 6.45) is -4.98. The highest BCUT2D eigenvalue weighted by atomic mass is 32.2. The number of benzene rings is 1. The number of halogens is 4. The van der Waals surface area contributed by atoms with E-state index in [4.69, 9.17) is 5.11 Å². The van der Waals surface area contributed by atoms with E-state index in [2.05, 4.69) is 0 Å². The molecule has 0 saturated carbocycles. The minimum absolute atomic E-state index is 0.494. The average Bonchev–Trinajstić information content (AvgIpc) is 2.16. The number of carboxylic acid groups (broad SMARTS) is 1. The molecule has 2 N–H and O–H groups in total. The molecule has 19 heavy (non-hydrogen) atoms. The van der Waals surface area contributed by atoms with Crippen LogP contribution in [-0.4, -0.2) is 31.4 Å². The molecular weight excluding hydrogens is 294 g/mol. The number of anilines is 1. The van der Waals surface area contributed by atoms with Crippen molar-refractivity contribution in [1.82, 2.24) is 0 Å². The van der Waals surface area contributed by atoms with Gasteiger partial charge in [0.15, 0.2) is 5.75 Å². The Labute approximate surface area is 104 Å². The largest absolute Gasteiger partial charge is 0.478 e. The van der Waals surface area contributed by atoms with Crippen LogP contribution in [0.15, 0.2) is 18.2 Å². The van der Waals surface area contributed by atoms with Gasteiger partial charge < -0.3 is 5.11 Å². The van der Waals surface area contributed by atoms with Gasteiger partial charge in [-0.1, -0.05) is 0 Å². The Balaban J connectivity index is 3.10. The SMILES string of the molecule is O=C(O)c1cc(F)ccc1NS(=O)(=O)CC(F)(F)F. The molecule has 0 aliphatic heterocycles. The molecule has 0 aliphatic rings. The molecule has 0 saturated heterocycles. The van der Waals surface area contributed by atoms with Crippen LogP contribution in [0.2, 0.25) is 0 Å². The second-order valence-corrected chi connectivity index (χ2v) is 5.19. The maximum Gasteiger partial charge on any atom is 0.404 e. The number of carboxylic acids is 1. The number of hydrogen-bond acceptors (Lipinski definition) is 3. The Hall–Kier alpha value is -1.84. The zero-order chi connectivity index (χ0) is 14.8. The highest BCUT2D eigenvalue weighted by molar-refractivity contribution is 7.92. The van der Waals surface area contributed by atoms with Gasteiger partial charge >= 0.3 is 12.1 Å². The van der Waals surface area contributed by atoms with E-state index in [1.165, 1.54) is 4.72 Å². The van der Waals surface area contributed by atoms with Crippen molar-refractivity contribution in [2.24, 2.45) is 0 Å². The lowest BCUT2D eigenvalue weighted by atomic mass is 10.2. The Morgan fingerprint density at radius 3 is 2.37 bits per heavy atom. The average molecular weight is 301 g/mol.